The number of benzene rings is 2. The van der Waals surface area contributed by atoms with Crippen molar-refractivity contribution in [2.75, 3.05) is 20.8 Å². The lowest BCUT2D eigenvalue weighted by molar-refractivity contribution is 0.350. The Bertz CT molecular complexity index is 813. The SMILES string of the molecule is COc1c(C)c(C)c(OC)c(C(CCCC#CCO)c2ccccc2)c1C. The van der Waals surface area contributed by atoms with Gasteiger partial charge in [-0.15, -0.1) is 5.92 Å². The molecular weight excluding hydrogens is 336 g/mol. The molecule has 1 N–H and O–H groups in total. The fourth-order valence-electron chi connectivity index (χ4n) is 3.81. The Kier molecular flexibility index (Phi) is 7.76. The maximum Gasteiger partial charge on any atom is 0.126 e. The molecule has 0 heterocycles. The van der Waals surface area contributed by atoms with Crippen LogP contribution in [0.1, 0.15) is 53.0 Å². The van der Waals surface area contributed by atoms with E-state index in [1.165, 1.54) is 11.1 Å². The highest BCUT2D eigenvalue weighted by molar-refractivity contribution is 5.60. The van der Waals surface area contributed by atoms with Gasteiger partial charge >= 0.3 is 0 Å². The van der Waals surface area contributed by atoms with Crippen molar-refractivity contribution in [3.8, 4) is 23.3 Å². The minimum Gasteiger partial charge on any atom is -0.496 e. The third-order valence-electron chi connectivity index (χ3n) is 5.19. The highest BCUT2D eigenvalue weighted by Crippen LogP contribution is 2.45. The van der Waals surface area contributed by atoms with Crippen LogP contribution in [0.15, 0.2) is 30.3 Å². The van der Waals surface area contributed by atoms with Crippen LogP contribution in [-0.2, 0) is 0 Å². The van der Waals surface area contributed by atoms with Gasteiger partial charge in [0.2, 0.25) is 0 Å². The second kappa shape index (κ2) is 10.0. The van der Waals surface area contributed by atoms with Gasteiger partial charge in [-0.25, -0.2) is 0 Å². The number of hydrogen-bond acceptors (Lipinski definition) is 3. The molecule has 27 heavy (non-hydrogen) atoms. The molecule has 0 aliphatic carbocycles. The lowest BCUT2D eigenvalue weighted by atomic mass is 9.82. The van der Waals surface area contributed by atoms with Crippen molar-refractivity contribution in [1.29, 1.82) is 0 Å². The zero-order valence-electron chi connectivity index (χ0n) is 17.1. The Balaban J connectivity index is 2.56. The smallest absolute Gasteiger partial charge is 0.126 e. The Hall–Kier alpha value is -2.44. The number of rotatable bonds is 7. The largest absolute Gasteiger partial charge is 0.496 e. The van der Waals surface area contributed by atoms with Gasteiger partial charge in [0.15, 0.2) is 0 Å². The van der Waals surface area contributed by atoms with Crippen molar-refractivity contribution in [3.05, 3.63) is 58.1 Å². The molecule has 2 aromatic rings. The van der Waals surface area contributed by atoms with Crippen LogP contribution in [0.4, 0.5) is 0 Å². The van der Waals surface area contributed by atoms with E-state index < -0.39 is 0 Å². The summed E-state index contributed by atoms with van der Waals surface area (Å²) < 4.78 is 11.6. The molecule has 0 aromatic heterocycles. The summed E-state index contributed by atoms with van der Waals surface area (Å²) in [4.78, 5) is 0. The van der Waals surface area contributed by atoms with Crippen molar-refractivity contribution in [2.24, 2.45) is 0 Å². The monoisotopic (exact) mass is 366 g/mol. The van der Waals surface area contributed by atoms with E-state index in [-0.39, 0.29) is 12.5 Å². The first-order valence-electron chi connectivity index (χ1n) is 9.39. The van der Waals surface area contributed by atoms with Crippen molar-refractivity contribution >= 4 is 0 Å². The summed E-state index contributed by atoms with van der Waals surface area (Å²) in [6.07, 6.45) is 2.67. The fraction of sp³-hybridized carbons (Fsp3) is 0.417. The van der Waals surface area contributed by atoms with Gasteiger partial charge in [0.05, 0.1) is 14.2 Å². The minimum absolute atomic E-state index is 0.0800. The van der Waals surface area contributed by atoms with Gasteiger partial charge in [-0.05, 0) is 55.9 Å². The van der Waals surface area contributed by atoms with E-state index in [2.05, 4.69) is 56.9 Å². The molecule has 0 spiro atoms. The van der Waals surface area contributed by atoms with Gasteiger partial charge < -0.3 is 14.6 Å². The number of aliphatic hydroxyl groups excluding tert-OH is 1. The van der Waals surface area contributed by atoms with Crippen molar-refractivity contribution in [3.63, 3.8) is 0 Å². The van der Waals surface area contributed by atoms with Crippen molar-refractivity contribution in [2.45, 2.75) is 46.0 Å². The predicted octanol–water partition coefficient (Wildman–Crippen LogP) is 4.93. The fourth-order valence-corrected chi connectivity index (χ4v) is 3.81. The zero-order chi connectivity index (χ0) is 19.8. The molecule has 144 valence electrons. The second-order valence-corrected chi connectivity index (χ2v) is 6.72. The molecule has 0 saturated heterocycles. The molecule has 1 unspecified atom stereocenters. The van der Waals surface area contributed by atoms with E-state index in [9.17, 15) is 0 Å². The minimum atomic E-state index is -0.0800. The van der Waals surface area contributed by atoms with Gasteiger partial charge in [0.25, 0.3) is 0 Å². The number of ether oxygens (including phenoxy) is 2. The van der Waals surface area contributed by atoms with Crippen LogP contribution >= 0.6 is 0 Å². The van der Waals surface area contributed by atoms with Crippen LogP contribution in [0.3, 0.4) is 0 Å². The molecule has 0 amide bonds. The highest BCUT2D eigenvalue weighted by atomic mass is 16.5. The molecule has 2 rings (SSSR count). The van der Waals surface area contributed by atoms with E-state index in [1.54, 1.807) is 14.2 Å². The molecule has 0 radical (unpaired) electrons. The number of unbranched alkanes of at least 4 members (excludes halogenated alkanes) is 1. The van der Waals surface area contributed by atoms with E-state index in [1.807, 2.05) is 6.07 Å². The molecule has 0 fully saturated rings. The van der Waals surface area contributed by atoms with Crippen LogP contribution in [0.5, 0.6) is 11.5 Å². The van der Waals surface area contributed by atoms with Gasteiger partial charge in [-0.2, -0.15) is 0 Å². The van der Waals surface area contributed by atoms with Crippen LogP contribution in [0.2, 0.25) is 0 Å². The van der Waals surface area contributed by atoms with Crippen LogP contribution in [0.25, 0.3) is 0 Å². The summed E-state index contributed by atoms with van der Waals surface area (Å²) in [5.74, 6) is 7.83. The third kappa shape index (κ3) is 4.64. The number of hydrogen-bond donors (Lipinski definition) is 1. The molecule has 0 aliphatic rings. The standard InChI is InChI=1S/C24H30O3/c1-17-18(2)24(27-5)22(19(3)23(17)26-4)21(15-11-6-7-12-16-25)20-13-9-8-10-14-20/h8-10,13-14,21,25H,6,11,15-16H2,1-5H3. The molecule has 0 saturated carbocycles. The summed E-state index contributed by atoms with van der Waals surface area (Å²) in [6.45, 7) is 6.21. The Labute approximate surface area is 163 Å². The summed E-state index contributed by atoms with van der Waals surface area (Å²) in [6, 6.07) is 10.5. The first-order valence-corrected chi connectivity index (χ1v) is 9.39. The van der Waals surface area contributed by atoms with Crippen LogP contribution in [0, 0.1) is 32.6 Å². The average Bonchev–Trinajstić information content (AvgIpc) is 2.69. The zero-order valence-corrected chi connectivity index (χ0v) is 17.1. The molecule has 0 bridgehead atoms. The van der Waals surface area contributed by atoms with E-state index in [0.717, 1.165) is 47.5 Å². The maximum absolute atomic E-state index is 8.85. The number of aliphatic hydroxyl groups is 1. The Morgan fingerprint density at radius 3 is 2.11 bits per heavy atom. The van der Waals surface area contributed by atoms with E-state index in [0.29, 0.717) is 0 Å². The molecule has 0 aliphatic heterocycles. The van der Waals surface area contributed by atoms with E-state index in [4.69, 9.17) is 14.6 Å². The van der Waals surface area contributed by atoms with Gasteiger partial charge in [-0.3, -0.25) is 0 Å². The first kappa shape index (κ1) is 20.9. The lowest BCUT2D eigenvalue weighted by Crippen LogP contribution is -2.10. The highest BCUT2D eigenvalue weighted by Gasteiger charge is 2.26. The third-order valence-corrected chi connectivity index (χ3v) is 5.19. The quantitative estimate of drug-likeness (QED) is 0.558. The van der Waals surface area contributed by atoms with E-state index >= 15 is 0 Å². The molecule has 3 heteroatoms. The molecule has 3 nitrogen and oxygen atoms in total. The van der Waals surface area contributed by atoms with Crippen molar-refractivity contribution < 1.29 is 14.6 Å². The van der Waals surface area contributed by atoms with Gasteiger partial charge in [0.1, 0.15) is 18.1 Å². The normalized spacial score (nSPS) is 11.5. The Morgan fingerprint density at radius 2 is 1.52 bits per heavy atom. The second-order valence-electron chi connectivity index (χ2n) is 6.72. The summed E-state index contributed by atoms with van der Waals surface area (Å²) in [7, 11) is 3.47. The molecule has 2 aromatic carbocycles. The van der Waals surface area contributed by atoms with Crippen molar-refractivity contribution in [1.82, 2.24) is 0 Å². The first-order chi connectivity index (χ1) is 13.1. The summed E-state index contributed by atoms with van der Waals surface area (Å²) >= 11 is 0. The van der Waals surface area contributed by atoms with Crippen LogP contribution in [-0.4, -0.2) is 25.9 Å². The number of methoxy groups -OCH3 is 2. The maximum atomic E-state index is 8.85. The summed E-state index contributed by atoms with van der Waals surface area (Å²) in [5.41, 5.74) is 5.83. The Morgan fingerprint density at radius 1 is 0.889 bits per heavy atom. The van der Waals surface area contributed by atoms with Gasteiger partial charge in [0, 0.05) is 17.9 Å². The van der Waals surface area contributed by atoms with Gasteiger partial charge in [-0.1, -0.05) is 36.3 Å². The molecular formula is C24H30O3. The predicted molar refractivity (Wildman–Crippen MR) is 111 cm³/mol. The average molecular weight is 367 g/mol. The topological polar surface area (TPSA) is 38.7 Å². The lowest BCUT2D eigenvalue weighted by Gasteiger charge is -2.26. The van der Waals surface area contributed by atoms with Crippen LogP contribution < -0.4 is 9.47 Å². The summed E-state index contributed by atoms with van der Waals surface area (Å²) in [5, 5.41) is 8.85. The molecule has 1 atom stereocenters.